The van der Waals surface area contributed by atoms with Gasteiger partial charge >= 0.3 is 0 Å². The zero-order chi connectivity index (χ0) is 13.8. The van der Waals surface area contributed by atoms with Crippen LogP contribution in [0.2, 0.25) is 0 Å². The minimum atomic E-state index is -0.156. The predicted molar refractivity (Wildman–Crippen MR) is 75.1 cm³/mol. The van der Waals surface area contributed by atoms with Gasteiger partial charge < -0.3 is 10.5 Å². The van der Waals surface area contributed by atoms with E-state index >= 15 is 0 Å². The quantitative estimate of drug-likeness (QED) is 0.913. The van der Waals surface area contributed by atoms with Gasteiger partial charge in [-0.15, -0.1) is 0 Å². The first-order valence-corrected chi connectivity index (χ1v) is 6.28. The molecule has 0 aliphatic carbocycles. The number of aromatic nitrogens is 2. The van der Waals surface area contributed by atoms with Crippen molar-refractivity contribution in [2.24, 2.45) is 5.73 Å². The Bertz CT molecular complexity index is 549. The van der Waals surface area contributed by atoms with Crippen LogP contribution in [0.15, 0.2) is 30.6 Å². The summed E-state index contributed by atoms with van der Waals surface area (Å²) in [6, 6.07) is 7.91. The molecule has 100 valence electrons. The van der Waals surface area contributed by atoms with Gasteiger partial charge in [0, 0.05) is 6.07 Å². The van der Waals surface area contributed by atoms with E-state index in [2.05, 4.69) is 42.0 Å². The highest BCUT2D eigenvalue weighted by Crippen LogP contribution is 2.21. The topological polar surface area (TPSA) is 61.0 Å². The lowest BCUT2D eigenvalue weighted by Gasteiger charge is -2.15. The number of benzene rings is 1. The zero-order valence-corrected chi connectivity index (χ0v) is 11.6. The van der Waals surface area contributed by atoms with E-state index in [1.165, 1.54) is 23.0 Å². The Labute approximate surface area is 113 Å². The number of hydrogen-bond donors (Lipinski definition) is 1. The summed E-state index contributed by atoms with van der Waals surface area (Å²) in [5, 5.41) is 0. The van der Waals surface area contributed by atoms with Crippen molar-refractivity contribution in [3.05, 3.63) is 53.0 Å². The molecule has 0 bridgehead atoms. The first-order valence-electron chi connectivity index (χ1n) is 6.28. The van der Waals surface area contributed by atoms with Crippen LogP contribution in [-0.2, 0) is 6.42 Å². The van der Waals surface area contributed by atoms with Gasteiger partial charge in [0.15, 0.2) is 0 Å². The van der Waals surface area contributed by atoms with Crippen LogP contribution >= 0.6 is 0 Å². The molecule has 1 heterocycles. The van der Waals surface area contributed by atoms with Gasteiger partial charge in [0.2, 0.25) is 5.88 Å². The fourth-order valence-electron chi connectivity index (χ4n) is 2.16. The summed E-state index contributed by atoms with van der Waals surface area (Å²) >= 11 is 0. The van der Waals surface area contributed by atoms with Crippen LogP contribution in [0, 0.1) is 13.8 Å². The molecule has 2 N–H and O–H groups in total. The number of methoxy groups -OCH3 is 1. The normalized spacial score (nSPS) is 12.2. The Morgan fingerprint density at radius 3 is 2.53 bits per heavy atom. The van der Waals surface area contributed by atoms with Gasteiger partial charge in [0.1, 0.15) is 6.33 Å². The monoisotopic (exact) mass is 257 g/mol. The van der Waals surface area contributed by atoms with Crippen molar-refractivity contribution in [2.45, 2.75) is 26.3 Å². The van der Waals surface area contributed by atoms with Crippen LogP contribution in [0.25, 0.3) is 0 Å². The minimum Gasteiger partial charge on any atom is -0.481 e. The Kier molecular flexibility index (Phi) is 4.12. The second-order valence-electron chi connectivity index (χ2n) is 4.67. The van der Waals surface area contributed by atoms with Gasteiger partial charge in [0.25, 0.3) is 0 Å². The summed E-state index contributed by atoms with van der Waals surface area (Å²) in [4.78, 5) is 8.22. The molecule has 1 atom stereocenters. The number of rotatable bonds is 4. The van der Waals surface area contributed by atoms with Gasteiger partial charge in [-0.05, 0) is 37.0 Å². The lowest BCUT2D eigenvalue weighted by molar-refractivity contribution is 0.395. The number of nitrogens with zero attached hydrogens (tertiary/aromatic N) is 2. The molecular weight excluding hydrogens is 238 g/mol. The molecule has 0 aliphatic heterocycles. The average Bonchev–Trinajstić information content (AvgIpc) is 2.43. The highest BCUT2D eigenvalue weighted by Gasteiger charge is 2.13. The predicted octanol–water partition coefficient (Wildman–Crippen LogP) is 2.34. The molecule has 19 heavy (non-hydrogen) atoms. The molecule has 2 aromatic rings. The Morgan fingerprint density at radius 2 is 1.89 bits per heavy atom. The van der Waals surface area contributed by atoms with Crippen molar-refractivity contribution in [3.8, 4) is 5.88 Å². The van der Waals surface area contributed by atoms with Crippen LogP contribution in [0.1, 0.15) is 28.4 Å². The summed E-state index contributed by atoms with van der Waals surface area (Å²) in [5.74, 6) is 0.543. The number of ether oxygens (including phenoxy) is 1. The SMILES string of the molecule is COc1cc(C(N)Cc2c(C)cccc2C)ncn1. The third-order valence-corrected chi connectivity index (χ3v) is 3.32. The van der Waals surface area contributed by atoms with E-state index in [4.69, 9.17) is 10.5 Å². The average molecular weight is 257 g/mol. The summed E-state index contributed by atoms with van der Waals surface area (Å²) < 4.78 is 5.10. The van der Waals surface area contributed by atoms with Crippen LogP contribution in [0.5, 0.6) is 5.88 Å². The van der Waals surface area contributed by atoms with Gasteiger partial charge in [-0.1, -0.05) is 18.2 Å². The highest BCUT2D eigenvalue weighted by molar-refractivity contribution is 5.35. The van der Waals surface area contributed by atoms with Crippen molar-refractivity contribution < 1.29 is 4.74 Å². The van der Waals surface area contributed by atoms with Crippen LogP contribution in [-0.4, -0.2) is 17.1 Å². The van der Waals surface area contributed by atoms with Gasteiger partial charge in [-0.2, -0.15) is 0 Å². The molecule has 0 spiro atoms. The Balaban J connectivity index is 2.23. The molecule has 0 amide bonds. The summed E-state index contributed by atoms with van der Waals surface area (Å²) in [7, 11) is 1.59. The molecule has 0 aliphatic rings. The van der Waals surface area contributed by atoms with E-state index in [9.17, 15) is 0 Å². The van der Waals surface area contributed by atoms with Crippen molar-refractivity contribution in [2.75, 3.05) is 7.11 Å². The molecule has 1 unspecified atom stereocenters. The molecule has 1 aromatic carbocycles. The molecule has 0 fully saturated rings. The maximum Gasteiger partial charge on any atom is 0.216 e. The summed E-state index contributed by atoms with van der Waals surface area (Å²) in [5.41, 5.74) is 10.8. The number of aryl methyl sites for hydroxylation is 2. The van der Waals surface area contributed by atoms with Gasteiger partial charge in [0.05, 0.1) is 18.8 Å². The van der Waals surface area contributed by atoms with E-state index in [0.717, 1.165) is 12.1 Å². The molecule has 0 radical (unpaired) electrons. The fraction of sp³-hybridized carbons (Fsp3) is 0.333. The molecule has 0 saturated heterocycles. The van der Waals surface area contributed by atoms with Crippen molar-refractivity contribution in [1.82, 2.24) is 9.97 Å². The van der Waals surface area contributed by atoms with Gasteiger partial charge in [-0.25, -0.2) is 9.97 Å². The van der Waals surface area contributed by atoms with Crippen LogP contribution in [0.3, 0.4) is 0 Å². The van der Waals surface area contributed by atoms with Crippen molar-refractivity contribution >= 4 is 0 Å². The van der Waals surface area contributed by atoms with E-state index < -0.39 is 0 Å². The van der Waals surface area contributed by atoms with Crippen LogP contribution in [0.4, 0.5) is 0 Å². The van der Waals surface area contributed by atoms with E-state index in [1.54, 1.807) is 13.2 Å². The minimum absolute atomic E-state index is 0.156. The molecule has 4 heteroatoms. The van der Waals surface area contributed by atoms with E-state index in [0.29, 0.717) is 5.88 Å². The van der Waals surface area contributed by atoms with E-state index in [-0.39, 0.29) is 6.04 Å². The Hall–Kier alpha value is -1.94. The highest BCUT2D eigenvalue weighted by atomic mass is 16.5. The Morgan fingerprint density at radius 1 is 1.21 bits per heavy atom. The lowest BCUT2D eigenvalue weighted by atomic mass is 9.95. The van der Waals surface area contributed by atoms with Crippen molar-refractivity contribution in [3.63, 3.8) is 0 Å². The maximum atomic E-state index is 6.24. The summed E-state index contributed by atoms with van der Waals surface area (Å²) in [6.07, 6.45) is 2.25. The number of hydrogen-bond acceptors (Lipinski definition) is 4. The molecule has 1 aromatic heterocycles. The van der Waals surface area contributed by atoms with Crippen molar-refractivity contribution in [1.29, 1.82) is 0 Å². The first kappa shape index (κ1) is 13.5. The van der Waals surface area contributed by atoms with Crippen LogP contribution < -0.4 is 10.5 Å². The molecular formula is C15H19N3O. The standard InChI is InChI=1S/C15H19N3O/c1-10-5-4-6-11(2)12(10)7-13(16)14-8-15(19-3)18-9-17-14/h4-6,8-9,13H,7,16H2,1-3H3. The summed E-state index contributed by atoms with van der Waals surface area (Å²) in [6.45, 7) is 4.21. The van der Waals surface area contributed by atoms with Gasteiger partial charge in [-0.3, -0.25) is 0 Å². The maximum absolute atomic E-state index is 6.24. The zero-order valence-electron chi connectivity index (χ0n) is 11.6. The first-order chi connectivity index (χ1) is 9.11. The molecule has 0 saturated carbocycles. The fourth-order valence-corrected chi connectivity index (χ4v) is 2.16. The second-order valence-corrected chi connectivity index (χ2v) is 4.67. The third-order valence-electron chi connectivity index (χ3n) is 3.32. The lowest BCUT2D eigenvalue weighted by Crippen LogP contribution is -2.16. The number of nitrogens with two attached hydrogens (primary N) is 1. The second kappa shape index (κ2) is 5.80. The van der Waals surface area contributed by atoms with E-state index in [1.807, 2.05) is 0 Å². The molecule has 4 nitrogen and oxygen atoms in total. The smallest absolute Gasteiger partial charge is 0.216 e. The third kappa shape index (κ3) is 3.09. The largest absolute Gasteiger partial charge is 0.481 e. The molecule has 2 rings (SSSR count).